The van der Waals surface area contributed by atoms with E-state index in [2.05, 4.69) is 4.99 Å². The minimum absolute atomic E-state index is 0.198. The van der Waals surface area contributed by atoms with Gasteiger partial charge in [0.1, 0.15) is 19.3 Å². The number of ether oxygens (including phenoxy) is 3. The highest BCUT2D eigenvalue weighted by molar-refractivity contribution is 7.10. The molecule has 0 saturated carbocycles. The lowest BCUT2D eigenvalue weighted by Gasteiger charge is -2.23. The fourth-order valence-corrected chi connectivity index (χ4v) is 5.68. The first-order chi connectivity index (χ1) is 15.6. The Morgan fingerprint density at radius 3 is 2.84 bits per heavy atom. The summed E-state index contributed by atoms with van der Waals surface area (Å²) in [4.78, 5) is 32.3. The molecule has 1 unspecified atom stereocenters. The van der Waals surface area contributed by atoms with Gasteiger partial charge in [0.25, 0.3) is 5.56 Å². The molecule has 0 N–H and O–H groups in total. The molecule has 9 heteroatoms. The number of benzene rings is 1. The lowest BCUT2D eigenvalue weighted by atomic mass is 10.0. The second-order valence-corrected chi connectivity index (χ2v) is 9.21. The van der Waals surface area contributed by atoms with Crippen molar-refractivity contribution in [3.63, 3.8) is 0 Å². The molecule has 32 heavy (non-hydrogen) atoms. The van der Waals surface area contributed by atoms with Crippen molar-refractivity contribution in [1.29, 1.82) is 0 Å². The molecular weight excluding hydrogens is 448 g/mol. The lowest BCUT2D eigenvalue weighted by molar-refractivity contribution is -0.139. The van der Waals surface area contributed by atoms with Gasteiger partial charge in [0.2, 0.25) is 0 Å². The molecule has 7 nitrogen and oxygen atoms in total. The molecule has 1 aromatic carbocycles. The quantitative estimate of drug-likeness (QED) is 0.550. The average molecular weight is 469 g/mol. The number of allylic oxidation sites excluding steroid dienone is 1. The topological polar surface area (TPSA) is 79.1 Å². The van der Waals surface area contributed by atoms with E-state index in [0.29, 0.717) is 45.3 Å². The number of rotatable bonds is 4. The first-order valence-electron chi connectivity index (χ1n) is 10.2. The van der Waals surface area contributed by atoms with Crippen LogP contribution in [0.2, 0.25) is 0 Å². The van der Waals surface area contributed by atoms with Crippen LogP contribution in [0.1, 0.15) is 30.3 Å². The average Bonchev–Trinajstić information content (AvgIpc) is 3.42. The number of thiophene rings is 1. The molecule has 0 radical (unpaired) electrons. The summed E-state index contributed by atoms with van der Waals surface area (Å²) in [5.74, 6) is 0.908. The number of carbonyl (C=O) groups excluding carboxylic acids is 1. The Hall–Kier alpha value is -3.17. The highest BCUT2D eigenvalue weighted by Gasteiger charge is 2.33. The second kappa shape index (κ2) is 8.40. The normalized spacial score (nSPS) is 17.7. The van der Waals surface area contributed by atoms with Gasteiger partial charge in [-0.25, -0.2) is 9.79 Å². The van der Waals surface area contributed by atoms with Crippen LogP contribution < -0.4 is 24.4 Å². The SMILES string of the molecule is CCOC(=O)C1=C(C)N=c2s/c(=C\c3ccc4c(c3)OCCO4)c(=O)n2C1c1cccs1. The number of fused-ring (bicyclic) bond motifs is 2. The van der Waals surface area contributed by atoms with Crippen molar-refractivity contribution in [3.8, 4) is 11.5 Å². The summed E-state index contributed by atoms with van der Waals surface area (Å²) in [6.45, 7) is 4.81. The molecule has 0 spiro atoms. The largest absolute Gasteiger partial charge is 0.486 e. The molecule has 0 fully saturated rings. The molecule has 5 rings (SSSR count). The fraction of sp³-hybridized carbons (Fsp3) is 0.261. The van der Waals surface area contributed by atoms with Gasteiger partial charge in [-0.05, 0) is 49.1 Å². The summed E-state index contributed by atoms with van der Waals surface area (Å²) in [5, 5.41) is 1.93. The van der Waals surface area contributed by atoms with E-state index in [1.165, 1.54) is 22.7 Å². The molecule has 0 saturated heterocycles. The number of aromatic nitrogens is 1. The van der Waals surface area contributed by atoms with Gasteiger partial charge in [-0.3, -0.25) is 9.36 Å². The maximum Gasteiger partial charge on any atom is 0.338 e. The Morgan fingerprint density at radius 2 is 2.09 bits per heavy atom. The van der Waals surface area contributed by atoms with E-state index in [-0.39, 0.29) is 12.2 Å². The lowest BCUT2D eigenvalue weighted by Crippen LogP contribution is -2.39. The van der Waals surface area contributed by atoms with Gasteiger partial charge < -0.3 is 14.2 Å². The number of esters is 1. The van der Waals surface area contributed by atoms with Crippen molar-refractivity contribution in [3.05, 3.63) is 77.1 Å². The van der Waals surface area contributed by atoms with E-state index in [1.807, 2.05) is 41.8 Å². The number of thiazole rings is 1. The van der Waals surface area contributed by atoms with Crippen molar-refractivity contribution in [2.24, 2.45) is 4.99 Å². The van der Waals surface area contributed by atoms with Gasteiger partial charge >= 0.3 is 5.97 Å². The third kappa shape index (κ3) is 3.57. The Balaban J connectivity index is 1.66. The third-order valence-electron chi connectivity index (χ3n) is 5.19. The summed E-state index contributed by atoms with van der Waals surface area (Å²) in [5.41, 5.74) is 1.59. The molecule has 1 atom stereocenters. The molecule has 4 heterocycles. The van der Waals surface area contributed by atoms with Crippen LogP contribution in [-0.4, -0.2) is 30.4 Å². The number of carbonyl (C=O) groups is 1. The summed E-state index contributed by atoms with van der Waals surface area (Å²) < 4.78 is 18.6. The highest BCUT2D eigenvalue weighted by Crippen LogP contribution is 2.33. The summed E-state index contributed by atoms with van der Waals surface area (Å²) >= 11 is 2.79. The predicted octanol–water partition coefficient (Wildman–Crippen LogP) is 2.63. The van der Waals surface area contributed by atoms with Gasteiger partial charge in [-0.15, -0.1) is 11.3 Å². The number of hydrogen-bond donors (Lipinski definition) is 0. The smallest absolute Gasteiger partial charge is 0.338 e. The van der Waals surface area contributed by atoms with Crippen molar-refractivity contribution in [2.75, 3.05) is 19.8 Å². The molecular formula is C23H20N2O5S2. The monoisotopic (exact) mass is 468 g/mol. The predicted molar refractivity (Wildman–Crippen MR) is 122 cm³/mol. The molecule has 0 aliphatic carbocycles. The molecule has 2 aliphatic heterocycles. The molecule has 0 bridgehead atoms. The van der Waals surface area contributed by atoms with Gasteiger partial charge in [-0.2, -0.15) is 0 Å². The van der Waals surface area contributed by atoms with Crippen molar-refractivity contribution < 1.29 is 19.0 Å². The van der Waals surface area contributed by atoms with Gasteiger partial charge in [0.15, 0.2) is 16.3 Å². The van der Waals surface area contributed by atoms with Crippen molar-refractivity contribution in [2.45, 2.75) is 19.9 Å². The Bertz CT molecular complexity index is 1400. The van der Waals surface area contributed by atoms with E-state index in [0.717, 1.165) is 10.4 Å². The Kier molecular flexibility index (Phi) is 5.44. The maximum absolute atomic E-state index is 13.5. The number of hydrogen-bond acceptors (Lipinski definition) is 8. The zero-order valence-electron chi connectivity index (χ0n) is 17.5. The minimum Gasteiger partial charge on any atom is -0.486 e. The van der Waals surface area contributed by atoms with Crippen LogP contribution in [0.25, 0.3) is 6.08 Å². The van der Waals surface area contributed by atoms with E-state index in [4.69, 9.17) is 14.2 Å². The number of nitrogens with zero attached hydrogens (tertiary/aromatic N) is 2. The van der Waals surface area contributed by atoms with Crippen molar-refractivity contribution >= 4 is 34.7 Å². The minimum atomic E-state index is -0.562. The highest BCUT2D eigenvalue weighted by atomic mass is 32.1. The van der Waals surface area contributed by atoms with Crippen LogP contribution in [0.15, 0.2) is 56.8 Å². The van der Waals surface area contributed by atoms with Gasteiger partial charge in [0.05, 0.1) is 22.4 Å². The third-order valence-corrected chi connectivity index (χ3v) is 7.10. The molecule has 3 aromatic rings. The summed E-state index contributed by atoms with van der Waals surface area (Å²) in [6, 6.07) is 8.85. The molecule has 2 aromatic heterocycles. The van der Waals surface area contributed by atoms with Crippen LogP contribution in [-0.2, 0) is 9.53 Å². The summed E-state index contributed by atoms with van der Waals surface area (Å²) in [7, 11) is 0. The maximum atomic E-state index is 13.5. The van der Waals surface area contributed by atoms with Gasteiger partial charge in [0, 0.05) is 4.88 Å². The standard InChI is InChI=1S/C23H20N2O5S2/c1-3-28-22(27)19-13(2)24-23-25(20(19)17-5-4-10-31-17)21(26)18(32-23)12-14-6-7-15-16(11-14)30-9-8-29-15/h4-7,10-12,20H,3,8-9H2,1-2H3/b18-12-. The molecule has 164 valence electrons. The van der Waals surface area contributed by atoms with Crippen LogP contribution in [0.4, 0.5) is 0 Å². The van der Waals surface area contributed by atoms with Crippen molar-refractivity contribution in [1.82, 2.24) is 4.57 Å². The van der Waals surface area contributed by atoms with E-state index >= 15 is 0 Å². The first kappa shape index (κ1) is 20.7. The van der Waals surface area contributed by atoms with E-state index in [9.17, 15) is 9.59 Å². The van der Waals surface area contributed by atoms with Gasteiger partial charge in [-0.1, -0.05) is 23.5 Å². The van der Waals surface area contributed by atoms with E-state index < -0.39 is 12.0 Å². The Morgan fingerprint density at radius 1 is 1.28 bits per heavy atom. The zero-order chi connectivity index (χ0) is 22.2. The fourth-order valence-electron chi connectivity index (χ4n) is 3.81. The zero-order valence-corrected chi connectivity index (χ0v) is 19.1. The van der Waals surface area contributed by atoms with E-state index in [1.54, 1.807) is 18.4 Å². The molecule has 0 amide bonds. The van der Waals surface area contributed by atoms with Crippen LogP contribution in [0.5, 0.6) is 11.5 Å². The Labute approximate surface area is 191 Å². The summed E-state index contributed by atoms with van der Waals surface area (Å²) in [6.07, 6.45) is 1.82. The van der Waals surface area contributed by atoms with Crippen LogP contribution in [0, 0.1) is 0 Å². The van der Waals surface area contributed by atoms with Crippen LogP contribution in [0.3, 0.4) is 0 Å². The molecule has 2 aliphatic rings. The second-order valence-electron chi connectivity index (χ2n) is 7.22. The van der Waals surface area contributed by atoms with Crippen LogP contribution >= 0.6 is 22.7 Å². The first-order valence-corrected chi connectivity index (χ1v) is 11.9.